The molecule has 0 aliphatic carbocycles. The molecule has 3 heterocycles. The Kier molecular flexibility index (Phi) is 5.91. The van der Waals surface area contributed by atoms with Crippen LogP contribution in [0.5, 0.6) is 11.5 Å². The highest BCUT2D eigenvalue weighted by atomic mass is 16.7. The fraction of sp³-hybridized carbons (Fsp3) is 0.385. The van der Waals surface area contributed by atoms with E-state index in [1.165, 1.54) is 0 Å². The van der Waals surface area contributed by atoms with Crippen LogP contribution in [0.2, 0.25) is 0 Å². The second-order valence-corrected chi connectivity index (χ2v) is 8.30. The molecule has 7 heteroatoms. The first-order chi connectivity index (χ1) is 16.1. The highest BCUT2D eigenvalue weighted by Crippen LogP contribution is 2.34. The van der Waals surface area contributed by atoms with Crippen LogP contribution in [0, 0.1) is 0 Å². The number of ether oxygens (including phenoxy) is 4. The Morgan fingerprint density at radius 1 is 1.09 bits per heavy atom. The van der Waals surface area contributed by atoms with E-state index in [2.05, 4.69) is 0 Å². The summed E-state index contributed by atoms with van der Waals surface area (Å²) in [6.45, 7) is 4.95. The first-order valence-electron chi connectivity index (χ1n) is 11.4. The Bertz CT molecular complexity index is 1160. The standard InChI is InChI=1S/C26H28N2O5/c1-3-31-24-17-23(18-5-4-6-20(15-18)30-2)27-22-8-7-19(16-21(22)24)25(29)28-11-9-26(10-12-28)32-13-14-33-26/h4-8,15-17H,3,9-14H2,1-2H3. The predicted molar refractivity (Wildman–Crippen MR) is 125 cm³/mol. The van der Waals surface area contributed by atoms with Crippen LogP contribution in [-0.2, 0) is 9.47 Å². The van der Waals surface area contributed by atoms with Crippen LogP contribution in [0.4, 0.5) is 0 Å². The van der Waals surface area contributed by atoms with E-state index in [0.29, 0.717) is 57.1 Å². The molecule has 1 aromatic heterocycles. The SMILES string of the molecule is CCOc1cc(-c2cccc(OC)c2)nc2ccc(C(=O)N3CCC4(CC3)OCCO4)cc12. The lowest BCUT2D eigenvalue weighted by atomic mass is 10.0. The number of hydrogen-bond donors (Lipinski definition) is 0. The number of piperidine rings is 1. The van der Waals surface area contributed by atoms with Crippen molar-refractivity contribution in [2.45, 2.75) is 25.6 Å². The highest BCUT2D eigenvalue weighted by Gasteiger charge is 2.40. The maximum Gasteiger partial charge on any atom is 0.253 e. The van der Waals surface area contributed by atoms with E-state index in [1.54, 1.807) is 7.11 Å². The molecule has 5 rings (SSSR count). The number of amides is 1. The summed E-state index contributed by atoms with van der Waals surface area (Å²) in [6.07, 6.45) is 1.39. The van der Waals surface area contributed by atoms with Crippen LogP contribution in [0.15, 0.2) is 48.5 Å². The molecule has 0 bridgehead atoms. The Balaban J connectivity index is 1.44. The van der Waals surface area contributed by atoms with E-state index in [0.717, 1.165) is 27.9 Å². The predicted octanol–water partition coefficient (Wildman–Crippen LogP) is 4.29. The molecule has 0 N–H and O–H groups in total. The quantitative estimate of drug-likeness (QED) is 0.580. The molecule has 1 spiro atoms. The minimum absolute atomic E-state index is 0.00377. The molecule has 2 aliphatic heterocycles. The Hall–Kier alpha value is -3.16. The van der Waals surface area contributed by atoms with Crippen molar-refractivity contribution < 1.29 is 23.7 Å². The van der Waals surface area contributed by atoms with Crippen LogP contribution in [-0.4, -0.2) is 61.6 Å². The summed E-state index contributed by atoms with van der Waals surface area (Å²) in [6, 6.07) is 15.3. The average molecular weight is 449 g/mol. The van der Waals surface area contributed by atoms with Crippen molar-refractivity contribution in [3.05, 3.63) is 54.1 Å². The fourth-order valence-corrected chi connectivity index (χ4v) is 4.55. The largest absolute Gasteiger partial charge is 0.497 e. The third kappa shape index (κ3) is 4.26. The van der Waals surface area contributed by atoms with Gasteiger partial charge in [-0.3, -0.25) is 4.79 Å². The summed E-state index contributed by atoms with van der Waals surface area (Å²) < 4.78 is 22.9. The molecule has 0 saturated carbocycles. The molecule has 2 saturated heterocycles. The first kappa shape index (κ1) is 21.7. The van der Waals surface area contributed by atoms with Crippen LogP contribution < -0.4 is 9.47 Å². The molecule has 0 atom stereocenters. The zero-order valence-electron chi connectivity index (χ0n) is 19.0. The number of carbonyl (C=O) groups is 1. The van der Waals surface area contributed by atoms with Crippen molar-refractivity contribution in [3.8, 4) is 22.8 Å². The molecule has 2 fully saturated rings. The van der Waals surface area contributed by atoms with Gasteiger partial charge < -0.3 is 23.8 Å². The van der Waals surface area contributed by atoms with Gasteiger partial charge in [0.2, 0.25) is 0 Å². The molecule has 1 amide bonds. The van der Waals surface area contributed by atoms with Crippen LogP contribution in [0.3, 0.4) is 0 Å². The van der Waals surface area contributed by atoms with Gasteiger partial charge in [-0.1, -0.05) is 12.1 Å². The first-order valence-corrected chi connectivity index (χ1v) is 11.4. The number of methoxy groups -OCH3 is 1. The molecular formula is C26H28N2O5. The van der Waals surface area contributed by atoms with Gasteiger partial charge in [0.25, 0.3) is 5.91 Å². The number of rotatable bonds is 5. The zero-order chi connectivity index (χ0) is 22.8. The van der Waals surface area contributed by atoms with Gasteiger partial charge in [-0.05, 0) is 37.3 Å². The van der Waals surface area contributed by atoms with Crippen molar-refractivity contribution >= 4 is 16.8 Å². The molecule has 2 aliphatic rings. The molecule has 0 radical (unpaired) electrons. The van der Waals surface area contributed by atoms with Gasteiger partial charge in [-0.15, -0.1) is 0 Å². The van der Waals surface area contributed by atoms with E-state index in [4.69, 9.17) is 23.9 Å². The maximum absolute atomic E-state index is 13.2. The van der Waals surface area contributed by atoms with Crippen molar-refractivity contribution in [3.63, 3.8) is 0 Å². The van der Waals surface area contributed by atoms with Gasteiger partial charge in [-0.2, -0.15) is 0 Å². The number of aromatic nitrogens is 1. The zero-order valence-corrected chi connectivity index (χ0v) is 19.0. The topological polar surface area (TPSA) is 70.1 Å². The molecule has 172 valence electrons. The van der Waals surface area contributed by atoms with Gasteiger partial charge in [0.1, 0.15) is 11.5 Å². The minimum atomic E-state index is -0.497. The highest BCUT2D eigenvalue weighted by molar-refractivity contribution is 6.00. The monoisotopic (exact) mass is 448 g/mol. The van der Waals surface area contributed by atoms with Gasteiger partial charge in [0.15, 0.2) is 5.79 Å². The van der Waals surface area contributed by atoms with E-state index in [9.17, 15) is 4.79 Å². The maximum atomic E-state index is 13.2. The number of hydrogen-bond acceptors (Lipinski definition) is 6. The van der Waals surface area contributed by atoms with Gasteiger partial charge in [0, 0.05) is 48.5 Å². The number of nitrogens with zero attached hydrogens (tertiary/aromatic N) is 2. The lowest BCUT2D eigenvalue weighted by molar-refractivity contribution is -0.181. The third-order valence-corrected chi connectivity index (χ3v) is 6.31. The van der Waals surface area contributed by atoms with Gasteiger partial charge in [-0.25, -0.2) is 4.98 Å². The summed E-state index contributed by atoms with van der Waals surface area (Å²) in [5.41, 5.74) is 3.14. The summed E-state index contributed by atoms with van der Waals surface area (Å²) in [7, 11) is 1.65. The lowest BCUT2D eigenvalue weighted by Crippen LogP contribution is -2.47. The molecule has 7 nitrogen and oxygen atoms in total. The van der Waals surface area contributed by atoms with Crippen molar-refractivity contribution in [1.82, 2.24) is 9.88 Å². The molecule has 2 aromatic carbocycles. The van der Waals surface area contributed by atoms with Crippen molar-refractivity contribution in [1.29, 1.82) is 0 Å². The summed E-state index contributed by atoms with van der Waals surface area (Å²) in [5, 5.41) is 0.824. The van der Waals surface area contributed by atoms with Crippen molar-refractivity contribution in [2.24, 2.45) is 0 Å². The third-order valence-electron chi connectivity index (χ3n) is 6.31. The number of fused-ring (bicyclic) bond motifs is 1. The second-order valence-electron chi connectivity index (χ2n) is 8.30. The number of likely N-dealkylation sites (tertiary alicyclic amines) is 1. The Morgan fingerprint density at radius 2 is 1.88 bits per heavy atom. The van der Waals surface area contributed by atoms with Crippen molar-refractivity contribution in [2.75, 3.05) is 40.0 Å². The molecule has 33 heavy (non-hydrogen) atoms. The molecule has 3 aromatic rings. The van der Waals surface area contributed by atoms with E-state index in [-0.39, 0.29) is 5.91 Å². The average Bonchev–Trinajstić information content (AvgIpc) is 3.31. The summed E-state index contributed by atoms with van der Waals surface area (Å²) in [4.78, 5) is 19.9. The number of pyridine rings is 1. The number of carbonyl (C=O) groups excluding carboxylic acids is 1. The van der Waals surface area contributed by atoms with E-state index >= 15 is 0 Å². The fourth-order valence-electron chi connectivity index (χ4n) is 4.55. The van der Waals surface area contributed by atoms with Crippen LogP contribution in [0.1, 0.15) is 30.1 Å². The smallest absolute Gasteiger partial charge is 0.253 e. The Morgan fingerprint density at radius 3 is 2.61 bits per heavy atom. The van der Waals surface area contributed by atoms with Crippen LogP contribution in [0.25, 0.3) is 22.2 Å². The van der Waals surface area contributed by atoms with E-state index < -0.39 is 5.79 Å². The van der Waals surface area contributed by atoms with E-state index in [1.807, 2.05) is 60.4 Å². The normalized spacial score (nSPS) is 17.5. The lowest BCUT2D eigenvalue weighted by Gasteiger charge is -2.37. The summed E-state index contributed by atoms with van der Waals surface area (Å²) >= 11 is 0. The Labute approximate surface area is 193 Å². The summed E-state index contributed by atoms with van der Waals surface area (Å²) in [5.74, 6) is 0.984. The molecular weight excluding hydrogens is 420 g/mol. The van der Waals surface area contributed by atoms with Gasteiger partial charge >= 0.3 is 0 Å². The minimum Gasteiger partial charge on any atom is -0.497 e. The molecule has 0 unspecified atom stereocenters. The van der Waals surface area contributed by atoms with Gasteiger partial charge in [0.05, 0.1) is 38.1 Å². The van der Waals surface area contributed by atoms with Crippen LogP contribution >= 0.6 is 0 Å². The second kappa shape index (κ2) is 9.00. The number of benzene rings is 2.